The van der Waals surface area contributed by atoms with Crippen LogP contribution in [0.15, 0.2) is 18.2 Å². The SMILES string of the molecule is Cc1nc(-c2ccc3c(c2)OCO3)n(O)c1C. The Bertz CT molecular complexity index is 590. The summed E-state index contributed by atoms with van der Waals surface area (Å²) in [5.74, 6) is 1.91. The van der Waals surface area contributed by atoms with E-state index < -0.39 is 0 Å². The zero-order chi connectivity index (χ0) is 12.0. The lowest BCUT2D eigenvalue weighted by atomic mass is 10.2. The van der Waals surface area contributed by atoms with Gasteiger partial charge in [0.25, 0.3) is 0 Å². The lowest BCUT2D eigenvalue weighted by molar-refractivity contribution is 0.174. The van der Waals surface area contributed by atoms with E-state index in [4.69, 9.17) is 9.47 Å². The topological polar surface area (TPSA) is 56.5 Å². The van der Waals surface area contributed by atoms with E-state index in [1.165, 1.54) is 0 Å². The largest absolute Gasteiger partial charge is 0.454 e. The van der Waals surface area contributed by atoms with Crippen LogP contribution in [0.4, 0.5) is 0 Å². The maximum Gasteiger partial charge on any atom is 0.231 e. The summed E-state index contributed by atoms with van der Waals surface area (Å²) in [6.45, 7) is 3.92. The third-order valence-corrected chi connectivity index (χ3v) is 2.95. The van der Waals surface area contributed by atoms with E-state index in [0.29, 0.717) is 11.6 Å². The van der Waals surface area contributed by atoms with E-state index in [0.717, 1.165) is 27.4 Å². The first-order valence-corrected chi connectivity index (χ1v) is 5.32. The molecule has 0 radical (unpaired) electrons. The Kier molecular flexibility index (Phi) is 2.01. The molecule has 1 N–H and O–H groups in total. The van der Waals surface area contributed by atoms with Gasteiger partial charge in [-0.05, 0) is 32.0 Å². The monoisotopic (exact) mass is 232 g/mol. The van der Waals surface area contributed by atoms with Gasteiger partial charge >= 0.3 is 0 Å². The van der Waals surface area contributed by atoms with Crippen molar-refractivity contribution in [3.63, 3.8) is 0 Å². The number of imidazole rings is 1. The normalized spacial score (nSPS) is 13.1. The number of nitrogens with zero attached hydrogens (tertiary/aromatic N) is 2. The van der Waals surface area contributed by atoms with Crippen molar-refractivity contribution in [2.75, 3.05) is 6.79 Å². The molecule has 0 spiro atoms. The molecule has 2 aromatic rings. The first-order chi connectivity index (χ1) is 8.16. The lowest BCUT2D eigenvalue weighted by Gasteiger charge is -2.03. The van der Waals surface area contributed by atoms with Gasteiger partial charge in [-0.1, -0.05) is 0 Å². The number of aryl methyl sites for hydroxylation is 1. The van der Waals surface area contributed by atoms with Gasteiger partial charge in [0, 0.05) is 5.56 Å². The molecule has 1 aliphatic rings. The first-order valence-electron chi connectivity index (χ1n) is 5.32. The predicted octanol–water partition coefficient (Wildman–Crippen LogP) is 2.13. The highest BCUT2D eigenvalue weighted by Gasteiger charge is 2.17. The molecule has 1 aromatic carbocycles. The Morgan fingerprint density at radius 1 is 1.24 bits per heavy atom. The van der Waals surface area contributed by atoms with Crippen LogP contribution < -0.4 is 9.47 Å². The van der Waals surface area contributed by atoms with Gasteiger partial charge in [-0.15, -0.1) is 0 Å². The predicted molar refractivity (Wildman–Crippen MR) is 60.4 cm³/mol. The minimum absolute atomic E-state index is 0.240. The fraction of sp³-hybridized carbons (Fsp3) is 0.250. The van der Waals surface area contributed by atoms with Crippen LogP contribution in [-0.4, -0.2) is 21.7 Å². The molecule has 17 heavy (non-hydrogen) atoms. The van der Waals surface area contributed by atoms with Crippen LogP contribution in [0.25, 0.3) is 11.4 Å². The summed E-state index contributed by atoms with van der Waals surface area (Å²) < 4.78 is 11.6. The van der Waals surface area contributed by atoms with Crippen LogP contribution in [-0.2, 0) is 0 Å². The third kappa shape index (κ3) is 1.43. The Morgan fingerprint density at radius 2 is 2.00 bits per heavy atom. The van der Waals surface area contributed by atoms with Crippen molar-refractivity contribution in [1.29, 1.82) is 0 Å². The Balaban J connectivity index is 2.12. The van der Waals surface area contributed by atoms with E-state index in [1.54, 1.807) is 0 Å². The highest BCUT2D eigenvalue weighted by atomic mass is 16.7. The molecule has 5 heteroatoms. The van der Waals surface area contributed by atoms with Crippen LogP contribution in [0.2, 0.25) is 0 Å². The maximum absolute atomic E-state index is 9.90. The van der Waals surface area contributed by atoms with Crippen molar-refractivity contribution in [2.45, 2.75) is 13.8 Å². The standard InChI is InChI=1S/C12H12N2O3/c1-7-8(2)14(15)12(13-7)9-3-4-10-11(5-9)17-6-16-10/h3-5,15H,6H2,1-2H3. The minimum atomic E-state index is 0.240. The second-order valence-corrected chi connectivity index (χ2v) is 3.99. The van der Waals surface area contributed by atoms with Crippen molar-refractivity contribution < 1.29 is 14.7 Å². The Morgan fingerprint density at radius 3 is 2.71 bits per heavy atom. The lowest BCUT2D eigenvalue weighted by Crippen LogP contribution is -1.96. The van der Waals surface area contributed by atoms with Crippen LogP contribution >= 0.6 is 0 Å². The van der Waals surface area contributed by atoms with Gasteiger partial charge in [0.2, 0.25) is 6.79 Å². The number of benzene rings is 1. The third-order valence-electron chi connectivity index (χ3n) is 2.95. The van der Waals surface area contributed by atoms with E-state index >= 15 is 0 Å². The smallest absolute Gasteiger partial charge is 0.231 e. The molecule has 0 aliphatic carbocycles. The minimum Gasteiger partial charge on any atom is -0.454 e. The molecule has 5 nitrogen and oxygen atoms in total. The van der Waals surface area contributed by atoms with Gasteiger partial charge in [0.05, 0.1) is 11.4 Å². The number of hydrogen-bond donors (Lipinski definition) is 1. The summed E-state index contributed by atoms with van der Waals surface area (Å²) in [7, 11) is 0. The number of aromatic nitrogens is 2. The average molecular weight is 232 g/mol. The summed E-state index contributed by atoms with van der Waals surface area (Å²) in [6.07, 6.45) is 0. The van der Waals surface area contributed by atoms with E-state index in [-0.39, 0.29) is 6.79 Å². The van der Waals surface area contributed by atoms with Crippen LogP contribution in [0.3, 0.4) is 0 Å². The molecular weight excluding hydrogens is 220 g/mol. The van der Waals surface area contributed by atoms with Gasteiger partial charge in [0.15, 0.2) is 17.3 Å². The molecule has 0 atom stereocenters. The molecule has 0 unspecified atom stereocenters. The Labute approximate surface area is 98.2 Å². The molecule has 0 saturated heterocycles. The maximum atomic E-state index is 9.90. The highest BCUT2D eigenvalue weighted by Crippen LogP contribution is 2.35. The van der Waals surface area contributed by atoms with E-state index in [1.807, 2.05) is 32.0 Å². The van der Waals surface area contributed by atoms with Crippen molar-refractivity contribution in [1.82, 2.24) is 9.71 Å². The molecule has 2 heterocycles. The number of ether oxygens (including phenoxy) is 2. The van der Waals surface area contributed by atoms with Crippen LogP contribution in [0, 0.1) is 13.8 Å². The zero-order valence-electron chi connectivity index (χ0n) is 9.60. The summed E-state index contributed by atoms with van der Waals surface area (Å²) in [5.41, 5.74) is 2.34. The molecule has 0 amide bonds. The summed E-state index contributed by atoms with van der Waals surface area (Å²) >= 11 is 0. The van der Waals surface area contributed by atoms with E-state index in [2.05, 4.69) is 4.98 Å². The van der Waals surface area contributed by atoms with Gasteiger partial charge in [-0.3, -0.25) is 0 Å². The molecule has 0 saturated carbocycles. The fourth-order valence-electron chi connectivity index (χ4n) is 1.82. The molecular formula is C12H12N2O3. The molecule has 3 rings (SSSR count). The number of hydrogen-bond acceptors (Lipinski definition) is 4. The molecule has 1 aromatic heterocycles. The first kappa shape index (κ1) is 10.0. The van der Waals surface area contributed by atoms with E-state index in [9.17, 15) is 5.21 Å². The van der Waals surface area contributed by atoms with Gasteiger partial charge in [-0.25, -0.2) is 4.98 Å². The van der Waals surface area contributed by atoms with Crippen molar-refractivity contribution in [2.24, 2.45) is 0 Å². The van der Waals surface area contributed by atoms with Crippen LogP contribution in [0.1, 0.15) is 11.4 Å². The van der Waals surface area contributed by atoms with Gasteiger partial charge < -0.3 is 14.7 Å². The van der Waals surface area contributed by atoms with Crippen molar-refractivity contribution in [3.8, 4) is 22.9 Å². The molecule has 0 bridgehead atoms. The summed E-state index contributed by atoms with van der Waals surface area (Å²) in [5, 5.41) is 9.90. The summed E-state index contributed by atoms with van der Waals surface area (Å²) in [6, 6.07) is 5.48. The number of fused-ring (bicyclic) bond motifs is 1. The number of rotatable bonds is 1. The van der Waals surface area contributed by atoms with Crippen molar-refractivity contribution >= 4 is 0 Å². The molecule has 88 valence electrons. The summed E-state index contributed by atoms with van der Waals surface area (Å²) in [4.78, 5) is 4.32. The zero-order valence-corrected chi connectivity index (χ0v) is 9.60. The quantitative estimate of drug-likeness (QED) is 0.765. The van der Waals surface area contributed by atoms with Gasteiger partial charge in [-0.2, -0.15) is 4.73 Å². The van der Waals surface area contributed by atoms with Crippen LogP contribution in [0.5, 0.6) is 11.5 Å². The second kappa shape index (κ2) is 3.41. The molecule has 1 aliphatic heterocycles. The second-order valence-electron chi connectivity index (χ2n) is 3.99. The average Bonchev–Trinajstić information content (AvgIpc) is 2.89. The van der Waals surface area contributed by atoms with Crippen molar-refractivity contribution in [3.05, 3.63) is 29.6 Å². The van der Waals surface area contributed by atoms with Gasteiger partial charge in [0.1, 0.15) is 0 Å². The fourth-order valence-corrected chi connectivity index (χ4v) is 1.82. The Hall–Kier alpha value is -2.17. The highest BCUT2D eigenvalue weighted by molar-refractivity contribution is 5.62. The molecule has 0 fully saturated rings.